The van der Waals surface area contributed by atoms with E-state index in [1.165, 1.54) is 38.5 Å². The molecule has 2 fully saturated rings. The van der Waals surface area contributed by atoms with Crippen LogP contribution in [-0.4, -0.2) is 69.0 Å². The van der Waals surface area contributed by atoms with E-state index in [1.54, 1.807) is 10.6 Å². The Morgan fingerprint density at radius 1 is 1.00 bits per heavy atom. The number of aliphatic carboxylic acids is 1. The molecule has 1 amide bonds. The van der Waals surface area contributed by atoms with Gasteiger partial charge in [-0.05, 0) is 76.4 Å². The van der Waals surface area contributed by atoms with Crippen molar-refractivity contribution >= 4 is 22.8 Å². The highest BCUT2D eigenvalue weighted by Gasteiger charge is 2.41. The van der Waals surface area contributed by atoms with Gasteiger partial charge in [0.05, 0.1) is 5.52 Å². The molecule has 11 heteroatoms. The van der Waals surface area contributed by atoms with Gasteiger partial charge in [-0.3, -0.25) is 14.5 Å². The summed E-state index contributed by atoms with van der Waals surface area (Å²) in [6.07, 6.45) is 6.31. The van der Waals surface area contributed by atoms with E-state index >= 15 is 0 Å². The molecule has 41 heavy (non-hydrogen) atoms. The molecule has 2 aliphatic heterocycles. The molecule has 0 saturated carbocycles. The number of aliphatic hydroxyl groups excluding tert-OH is 1. The number of aliphatic hydroxyl groups is 1. The zero-order valence-corrected chi connectivity index (χ0v) is 23.8. The molecule has 2 saturated heterocycles. The maximum Gasteiger partial charge on any atom is 0.490 e. The first-order valence-corrected chi connectivity index (χ1v) is 14.6. The second-order valence-corrected chi connectivity index (χ2v) is 11.3. The number of alkyl halides is 3. The largest absolute Gasteiger partial charge is 0.490 e. The molecule has 3 atom stereocenters. The average Bonchev–Trinajstić information content (AvgIpc) is 3.14. The van der Waals surface area contributed by atoms with Gasteiger partial charge in [0.15, 0.2) is 0 Å². The number of rotatable bonds is 11. The van der Waals surface area contributed by atoms with Crippen LogP contribution in [0, 0.1) is 0 Å². The van der Waals surface area contributed by atoms with Crippen molar-refractivity contribution in [2.45, 2.75) is 108 Å². The summed E-state index contributed by atoms with van der Waals surface area (Å²) < 4.78 is 33.5. The Kier molecular flexibility index (Phi) is 11.8. The van der Waals surface area contributed by atoms with E-state index in [0.29, 0.717) is 18.7 Å². The molecular weight excluding hydrogens is 539 g/mol. The van der Waals surface area contributed by atoms with Gasteiger partial charge in [-0.15, -0.1) is 0 Å². The number of pyridine rings is 1. The molecule has 228 valence electrons. The van der Waals surface area contributed by atoms with Gasteiger partial charge < -0.3 is 20.1 Å². The molecule has 2 aliphatic rings. The molecule has 3 N–H and O–H groups in total. The molecule has 1 unspecified atom stereocenters. The Morgan fingerprint density at radius 2 is 1.56 bits per heavy atom. The van der Waals surface area contributed by atoms with Crippen molar-refractivity contribution in [2.75, 3.05) is 13.2 Å². The van der Waals surface area contributed by atoms with Crippen LogP contribution in [0.2, 0.25) is 0 Å². The summed E-state index contributed by atoms with van der Waals surface area (Å²) in [5.74, 6) is -2.99. The van der Waals surface area contributed by atoms with E-state index in [2.05, 4.69) is 10.2 Å². The lowest BCUT2D eigenvalue weighted by molar-refractivity contribution is -0.192. The minimum Gasteiger partial charge on any atom is -0.475 e. The lowest BCUT2D eigenvalue weighted by atomic mass is 9.96. The van der Waals surface area contributed by atoms with Crippen molar-refractivity contribution in [3.8, 4) is 0 Å². The summed E-state index contributed by atoms with van der Waals surface area (Å²) in [5.41, 5.74) is 0.924. The van der Waals surface area contributed by atoms with Gasteiger partial charge >= 0.3 is 12.1 Å². The summed E-state index contributed by atoms with van der Waals surface area (Å²) in [7, 11) is 0. The molecule has 2 bridgehead atoms. The number of para-hydroxylation sites is 1. The monoisotopic (exact) mass is 581 g/mol. The number of fused-ring (bicyclic) bond motifs is 3. The topological polar surface area (TPSA) is 112 Å². The van der Waals surface area contributed by atoms with Crippen molar-refractivity contribution in [2.24, 2.45) is 0 Å². The van der Waals surface area contributed by atoms with E-state index < -0.39 is 12.1 Å². The van der Waals surface area contributed by atoms with Gasteiger partial charge in [-0.1, -0.05) is 43.9 Å². The fourth-order valence-electron chi connectivity index (χ4n) is 6.09. The Labute approximate surface area is 238 Å². The third-order valence-corrected chi connectivity index (χ3v) is 7.99. The molecule has 8 nitrogen and oxygen atoms in total. The number of benzene rings is 1. The van der Waals surface area contributed by atoms with Crippen LogP contribution in [0.5, 0.6) is 0 Å². The summed E-state index contributed by atoms with van der Waals surface area (Å²) in [6, 6.07) is 10.8. The summed E-state index contributed by atoms with van der Waals surface area (Å²) in [6.45, 7) is 5.43. The second kappa shape index (κ2) is 14.8. The zero-order chi connectivity index (χ0) is 30.2. The molecule has 0 spiro atoms. The van der Waals surface area contributed by atoms with Crippen LogP contribution in [0.4, 0.5) is 13.2 Å². The smallest absolute Gasteiger partial charge is 0.475 e. The van der Waals surface area contributed by atoms with E-state index in [9.17, 15) is 22.8 Å². The number of hydrogen-bond acceptors (Lipinski definition) is 5. The first-order valence-electron chi connectivity index (χ1n) is 14.6. The predicted octanol–water partition coefficient (Wildman–Crippen LogP) is 5.27. The maximum atomic E-state index is 13.2. The quantitative estimate of drug-likeness (QED) is 0.312. The van der Waals surface area contributed by atoms with Crippen molar-refractivity contribution < 1.29 is 33.0 Å². The number of nitrogens with one attached hydrogen (secondary N) is 1. The van der Waals surface area contributed by atoms with Gasteiger partial charge in [-0.25, -0.2) is 4.79 Å². The highest BCUT2D eigenvalue weighted by atomic mass is 19.4. The number of amides is 1. The molecule has 3 heterocycles. The Balaban J connectivity index is 0.000000587. The lowest BCUT2D eigenvalue weighted by Crippen LogP contribution is -2.51. The van der Waals surface area contributed by atoms with Crippen molar-refractivity contribution in [3.63, 3.8) is 0 Å². The van der Waals surface area contributed by atoms with E-state index in [1.807, 2.05) is 38.1 Å². The van der Waals surface area contributed by atoms with Crippen LogP contribution in [0.15, 0.2) is 35.1 Å². The standard InChI is InChI=1S/C28H41N3O3.C2HF3O2/c1-20(2)31-26-12-8-7-11-21(26)17-25(28(31)34)27(33)29-22-18-23-13-14-24(19-22)30(23)15-9-5-3-4-6-10-16-32;3-2(4,5)1(6)7/h7-8,11-12,17,20,22-24,32H,3-6,9-10,13-16,18-19H2,1-2H3,(H,29,33);(H,6,7)/t22?,23-,24+;. The highest BCUT2D eigenvalue weighted by molar-refractivity contribution is 5.97. The van der Waals surface area contributed by atoms with Crippen molar-refractivity contribution in [3.05, 3.63) is 46.2 Å². The van der Waals surface area contributed by atoms with Gasteiger partial charge in [0.25, 0.3) is 11.5 Å². The fraction of sp³-hybridized carbons (Fsp3) is 0.633. The number of carbonyl (C=O) groups excluding carboxylic acids is 1. The molecule has 4 rings (SSSR count). The maximum absolute atomic E-state index is 13.2. The van der Waals surface area contributed by atoms with Gasteiger partial charge in [0, 0.05) is 30.8 Å². The first kappa shape index (κ1) is 32.6. The van der Waals surface area contributed by atoms with Crippen LogP contribution in [0.3, 0.4) is 0 Å². The number of carboxylic acids is 1. The Morgan fingerprint density at radius 3 is 2.12 bits per heavy atom. The van der Waals surface area contributed by atoms with Gasteiger partial charge in [0.1, 0.15) is 5.56 Å². The van der Waals surface area contributed by atoms with Crippen LogP contribution < -0.4 is 10.9 Å². The van der Waals surface area contributed by atoms with Crippen LogP contribution >= 0.6 is 0 Å². The minimum atomic E-state index is -5.08. The van der Waals surface area contributed by atoms with Gasteiger partial charge in [0.2, 0.25) is 0 Å². The van der Waals surface area contributed by atoms with Crippen LogP contribution in [-0.2, 0) is 4.79 Å². The summed E-state index contributed by atoms with van der Waals surface area (Å²) in [4.78, 5) is 38.0. The zero-order valence-electron chi connectivity index (χ0n) is 23.8. The Bertz CT molecular complexity index is 1220. The fourth-order valence-corrected chi connectivity index (χ4v) is 6.09. The van der Waals surface area contributed by atoms with E-state index in [4.69, 9.17) is 15.0 Å². The molecule has 1 aromatic heterocycles. The van der Waals surface area contributed by atoms with Crippen molar-refractivity contribution in [1.82, 2.24) is 14.8 Å². The summed E-state index contributed by atoms with van der Waals surface area (Å²) in [5, 5.41) is 20.2. The number of nitrogens with zero attached hydrogens (tertiary/aromatic N) is 2. The Hall–Kier alpha value is -2.92. The van der Waals surface area contributed by atoms with E-state index in [0.717, 1.165) is 43.1 Å². The summed E-state index contributed by atoms with van der Waals surface area (Å²) >= 11 is 0. The average molecular weight is 582 g/mol. The third-order valence-electron chi connectivity index (χ3n) is 7.99. The second-order valence-electron chi connectivity index (χ2n) is 11.3. The van der Waals surface area contributed by atoms with Gasteiger partial charge in [-0.2, -0.15) is 13.2 Å². The van der Waals surface area contributed by atoms with Crippen LogP contribution in [0.1, 0.15) is 94.5 Å². The van der Waals surface area contributed by atoms with E-state index in [-0.39, 0.29) is 29.1 Å². The normalized spacial score (nSPS) is 20.6. The SMILES string of the molecule is CC(C)n1c(=O)c(C(=O)NC2C[C@H]3CC[C@@H](C2)N3CCCCCCCCO)cc2ccccc21.O=C(O)C(F)(F)F. The number of unbranched alkanes of at least 4 members (excludes halogenated alkanes) is 5. The molecular formula is C30H42F3N3O5. The number of carboxylic acid groups (broad SMARTS) is 1. The number of hydrogen-bond donors (Lipinski definition) is 3. The minimum absolute atomic E-state index is 0.0149. The number of carbonyl (C=O) groups is 2. The predicted molar refractivity (Wildman–Crippen MR) is 151 cm³/mol. The molecule has 2 aromatic rings. The molecule has 0 aliphatic carbocycles. The number of piperidine rings is 1. The third kappa shape index (κ3) is 8.78. The number of aromatic nitrogens is 1. The molecule has 1 aromatic carbocycles. The first-order chi connectivity index (χ1) is 19.4. The lowest BCUT2D eigenvalue weighted by Gasteiger charge is -2.39. The van der Waals surface area contributed by atoms with Crippen LogP contribution in [0.25, 0.3) is 10.9 Å². The highest BCUT2D eigenvalue weighted by Crippen LogP contribution is 2.36. The number of halogens is 3. The van der Waals surface area contributed by atoms with Crippen molar-refractivity contribution in [1.29, 1.82) is 0 Å². The molecule has 0 radical (unpaired) electrons.